The van der Waals surface area contributed by atoms with Crippen LogP contribution in [-0.2, 0) is 4.79 Å². The van der Waals surface area contributed by atoms with Crippen LogP contribution < -0.4 is 10.6 Å². The van der Waals surface area contributed by atoms with Crippen molar-refractivity contribution in [1.82, 2.24) is 10.3 Å². The highest BCUT2D eigenvalue weighted by atomic mass is 79.9. The summed E-state index contributed by atoms with van der Waals surface area (Å²) < 4.78 is 0.950. The van der Waals surface area contributed by atoms with Gasteiger partial charge in [0.1, 0.15) is 5.03 Å². The van der Waals surface area contributed by atoms with Crippen LogP contribution in [0.3, 0.4) is 0 Å². The molecule has 0 saturated carbocycles. The van der Waals surface area contributed by atoms with Crippen LogP contribution >= 0.6 is 27.7 Å². The van der Waals surface area contributed by atoms with E-state index in [1.165, 1.54) is 11.8 Å². The quantitative estimate of drug-likeness (QED) is 0.686. The Balaban J connectivity index is 1.95. The van der Waals surface area contributed by atoms with E-state index < -0.39 is 0 Å². The normalized spacial score (nSPS) is 10.2. The first-order valence-electron chi connectivity index (χ1n) is 7.51. The van der Waals surface area contributed by atoms with Gasteiger partial charge in [-0.2, -0.15) is 0 Å². The first-order valence-corrected chi connectivity index (χ1v) is 9.29. The third-order valence-corrected chi connectivity index (χ3v) is 4.55. The zero-order chi connectivity index (χ0) is 17.4. The van der Waals surface area contributed by atoms with Gasteiger partial charge in [0.15, 0.2) is 0 Å². The van der Waals surface area contributed by atoms with E-state index in [9.17, 15) is 9.59 Å². The molecule has 2 N–H and O–H groups in total. The smallest absolute Gasteiger partial charge is 0.254 e. The number of thioether (sulfide) groups is 1. The first kappa shape index (κ1) is 18.5. The van der Waals surface area contributed by atoms with Gasteiger partial charge in [-0.3, -0.25) is 9.59 Å². The Kier molecular flexibility index (Phi) is 7.27. The molecule has 0 spiro atoms. The maximum atomic E-state index is 12.1. The predicted molar refractivity (Wildman–Crippen MR) is 100 cm³/mol. The van der Waals surface area contributed by atoms with Gasteiger partial charge in [0.05, 0.1) is 11.3 Å². The molecule has 24 heavy (non-hydrogen) atoms. The number of benzene rings is 1. The summed E-state index contributed by atoms with van der Waals surface area (Å²) in [5.41, 5.74) is 1.22. The van der Waals surface area contributed by atoms with E-state index in [0.29, 0.717) is 17.1 Å². The zero-order valence-corrected chi connectivity index (χ0v) is 15.6. The van der Waals surface area contributed by atoms with Crippen molar-refractivity contribution in [1.29, 1.82) is 0 Å². The number of aromatic nitrogens is 1. The van der Waals surface area contributed by atoms with Crippen molar-refractivity contribution in [3.8, 4) is 0 Å². The zero-order valence-electron chi connectivity index (χ0n) is 13.2. The maximum absolute atomic E-state index is 12.1. The lowest BCUT2D eigenvalue weighted by Gasteiger charge is -2.09. The second-order valence-corrected chi connectivity index (χ2v) is 6.84. The van der Waals surface area contributed by atoms with Gasteiger partial charge >= 0.3 is 0 Å². The van der Waals surface area contributed by atoms with Crippen molar-refractivity contribution in [3.05, 3.63) is 52.6 Å². The number of carbonyl (C=O) groups is 2. The predicted octanol–water partition coefficient (Wildman–Crippen LogP) is 3.71. The van der Waals surface area contributed by atoms with Gasteiger partial charge in [-0.1, -0.05) is 34.6 Å². The highest BCUT2D eigenvalue weighted by Crippen LogP contribution is 2.21. The number of pyridine rings is 1. The molecule has 0 aliphatic carbocycles. The van der Waals surface area contributed by atoms with E-state index in [2.05, 4.69) is 31.5 Å². The Labute approximate surface area is 153 Å². The lowest BCUT2D eigenvalue weighted by atomic mass is 10.2. The average Bonchev–Trinajstić information content (AvgIpc) is 2.60. The largest absolute Gasteiger partial charge is 0.352 e. The van der Waals surface area contributed by atoms with Crippen molar-refractivity contribution in [2.45, 2.75) is 18.4 Å². The van der Waals surface area contributed by atoms with Crippen molar-refractivity contribution in [3.63, 3.8) is 0 Å². The van der Waals surface area contributed by atoms with E-state index in [4.69, 9.17) is 0 Å². The molecule has 0 unspecified atom stereocenters. The Bertz CT molecular complexity index is 707. The number of amides is 2. The molecule has 2 rings (SSSR count). The van der Waals surface area contributed by atoms with Crippen LogP contribution in [0.1, 0.15) is 23.7 Å². The molecule has 126 valence electrons. The van der Waals surface area contributed by atoms with Gasteiger partial charge in [-0.25, -0.2) is 4.98 Å². The molecular weight excluding hydrogens is 390 g/mol. The van der Waals surface area contributed by atoms with Crippen LogP contribution in [0.5, 0.6) is 0 Å². The van der Waals surface area contributed by atoms with Crippen LogP contribution in [0.4, 0.5) is 5.69 Å². The Morgan fingerprint density at radius 2 is 1.96 bits per heavy atom. The molecule has 5 nitrogen and oxygen atoms in total. The number of hydrogen-bond donors (Lipinski definition) is 2. The number of nitrogens with one attached hydrogen (secondary N) is 2. The summed E-state index contributed by atoms with van der Waals surface area (Å²) in [6, 6.07) is 10.8. The van der Waals surface area contributed by atoms with Gasteiger partial charge in [0.25, 0.3) is 5.91 Å². The number of halogens is 1. The monoisotopic (exact) mass is 407 g/mol. The summed E-state index contributed by atoms with van der Waals surface area (Å²) in [6.45, 7) is 2.60. The van der Waals surface area contributed by atoms with Crippen LogP contribution in [0.15, 0.2) is 52.1 Å². The third-order valence-electron chi connectivity index (χ3n) is 3.02. The van der Waals surface area contributed by atoms with Gasteiger partial charge in [0, 0.05) is 22.9 Å². The summed E-state index contributed by atoms with van der Waals surface area (Å²) in [4.78, 5) is 28.4. The molecule has 1 aromatic carbocycles. The topological polar surface area (TPSA) is 71.1 Å². The SMILES string of the molecule is CCCNC(=O)c1cccnc1SCC(=O)Nc1ccc(Br)cc1. The summed E-state index contributed by atoms with van der Waals surface area (Å²) >= 11 is 4.60. The minimum Gasteiger partial charge on any atom is -0.352 e. The first-order chi connectivity index (χ1) is 11.6. The summed E-state index contributed by atoms with van der Waals surface area (Å²) in [7, 11) is 0. The third kappa shape index (κ3) is 5.65. The van der Waals surface area contributed by atoms with E-state index in [1.54, 1.807) is 18.3 Å². The van der Waals surface area contributed by atoms with Gasteiger partial charge in [-0.15, -0.1) is 0 Å². The second kappa shape index (κ2) is 9.44. The summed E-state index contributed by atoms with van der Waals surface area (Å²) in [5.74, 6) is -0.130. The molecule has 0 radical (unpaired) electrons. The van der Waals surface area contributed by atoms with Crippen molar-refractivity contribution < 1.29 is 9.59 Å². The molecular formula is C17H18BrN3O2S. The van der Waals surface area contributed by atoms with Crippen molar-refractivity contribution >= 4 is 45.2 Å². The minimum atomic E-state index is -0.166. The molecule has 2 aromatic rings. The summed E-state index contributed by atoms with van der Waals surface area (Å²) in [5, 5.41) is 6.19. The number of nitrogens with zero attached hydrogens (tertiary/aromatic N) is 1. The van der Waals surface area contributed by atoms with E-state index >= 15 is 0 Å². The lowest BCUT2D eigenvalue weighted by molar-refractivity contribution is -0.113. The highest BCUT2D eigenvalue weighted by Gasteiger charge is 2.13. The second-order valence-electron chi connectivity index (χ2n) is 4.96. The molecule has 0 aliphatic rings. The molecule has 7 heteroatoms. The molecule has 1 heterocycles. The van der Waals surface area contributed by atoms with Crippen LogP contribution in [0.25, 0.3) is 0 Å². The fourth-order valence-corrected chi connectivity index (χ4v) is 2.93. The van der Waals surface area contributed by atoms with Gasteiger partial charge in [-0.05, 0) is 42.8 Å². The average molecular weight is 408 g/mol. The Morgan fingerprint density at radius 3 is 2.67 bits per heavy atom. The van der Waals surface area contributed by atoms with Crippen LogP contribution in [-0.4, -0.2) is 29.1 Å². The molecule has 0 saturated heterocycles. The highest BCUT2D eigenvalue weighted by molar-refractivity contribution is 9.10. The van der Waals surface area contributed by atoms with Crippen molar-refractivity contribution in [2.24, 2.45) is 0 Å². The van der Waals surface area contributed by atoms with Gasteiger partial charge < -0.3 is 10.6 Å². The maximum Gasteiger partial charge on any atom is 0.254 e. The van der Waals surface area contributed by atoms with E-state index in [0.717, 1.165) is 16.6 Å². The molecule has 0 bridgehead atoms. The fraction of sp³-hybridized carbons (Fsp3) is 0.235. The Hall–Kier alpha value is -1.86. The lowest BCUT2D eigenvalue weighted by Crippen LogP contribution is -2.25. The van der Waals surface area contributed by atoms with E-state index in [-0.39, 0.29) is 17.6 Å². The molecule has 2 amide bonds. The molecule has 0 atom stereocenters. The number of hydrogen-bond acceptors (Lipinski definition) is 4. The van der Waals surface area contributed by atoms with Crippen LogP contribution in [0.2, 0.25) is 0 Å². The van der Waals surface area contributed by atoms with E-state index in [1.807, 2.05) is 31.2 Å². The molecule has 0 aliphatic heterocycles. The van der Waals surface area contributed by atoms with Crippen LogP contribution in [0, 0.1) is 0 Å². The molecule has 0 fully saturated rings. The van der Waals surface area contributed by atoms with Crippen molar-refractivity contribution in [2.75, 3.05) is 17.6 Å². The Morgan fingerprint density at radius 1 is 1.21 bits per heavy atom. The number of rotatable bonds is 7. The minimum absolute atomic E-state index is 0.145. The number of anilines is 1. The number of carbonyl (C=O) groups excluding carboxylic acids is 2. The molecule has 1 aromatic heterocycles. The van der Waals surface area contributed by atoms with Gasteiger partial charge in [0.2, 0.25) is 5.91 Å². The standard InChI is InChI=1S/C17H18BrN3O2S/c1-2-9-19-16(23)14-4-3-10-20-17(14)24-11-15(22)21-13-7-5-12(18)6-8-13/h3-8,10H,2,9,11H2,1H3,(H,19,23)(H,21,22). The summed E-state index contributed by atoms with van der Waals surface area (Å²) in [6.07, 6.45) is 2.48. The fourth-order valence-electron chi connectivity index (χ4n) is 1.88.